The van der Waals surface area contributed by atoms with Crippen molar-refractivity contribution < 1.29 is 0 Å². The molecule has 1 nitrogen and oxygen atoms in total. The van der Waals surface area contributed by atoms with Gasteiger partial charge in [-0.25, -0.2) is 0 Å². The fourth-order valence-corrected chi connectivity index (χ4v) is 4.54. The van der Waals surface area contributed by atoms with Crippen LogP contribution in [0.4, 0.5) is 0 Å². The number of thiophene rings is 1. The van der Waals surface area contributed by atoms with Gasteiger partial charge in [0.05, 0.1) is 4.34 Å². The Kier molecular flexibility index (Phi) is 2.99. The molecule has 0 amide bonds. The lowest BCUT2D eigenvalue weighted by atomic mass is 10.2. The molecule has 0 radical (unpaired) electrons. The highest BCUT2D eigenvalue weighted by atomic mass is 35.5. The van der Waals surface area contributed by atoms with E-state index in [-0.39, 0.29) is 0 Å². The van der Waals surface area contributed by atoms with Crippen molar-refractivity contribution in [1.82, 2.24) is 5.32 Å². The molecule has 1 aromatic rings. The highest BCUT2D eigenvalue weighted by Crippen LogP contribution is 2.47. The van der Waals surface area contributed by atoms with E-state index in [1.54, 1.807) is 11.3 Å². The number of aryl methyl sites for hydroxylation is 1. The lowest BCUT2D eigenvalue weighted by Crippen LogP contribution is -2.28. The summed E-state index contributed by atoms with van der Waals surface area (Å²) < 4.78 is 1.50. The van der Waals surface area contributed by atoms with Crippen LogP contribution >= 0.6 is 34.7 Å². The first-order valence-electron chi connectivity index (χ1n) is 5.79. The molecule has 1 atom stereocenters. The Morgan fingerprint density at radius 3 is 3.12 bits per heavy atom. The van der Waals surface area contributed by atoms with Crippen molar-refractivity contribution in [2.45, 2.75) is 36.5 Å². The van der Waals surface area contributed by atoms with Crippen LogP contribution in [-0.4, -0.2) is 17.5 Å². The zero-order valence-electron chi connectivity index (χ0n) is 9.38. The van der Waals surface area contributed by atoms with Crippen molar-refractivity contribution in [1.29, 1.82) is 0 Å². The smallest absolute Gasteiger partial charge is 0.0934 e. The SMILES string of the molecule is CSC1(CNC2CCc3sc(Cl)cc32)CC1. The van der Waals surface area contributed by atoms with Crippen LogP contribution in [0, 0.1) is 0 Å². The van der Waals surface area contributed by atoms with Crippen molar-refractivity contribution >= 4 is 34.7 Å². The van der Waals surface area contributed by atoms with Gasteiger partial charge in [0.2, 0.25) is 0 Å². The molecule has 3 rings (SSSR count). The monoisotopic (exact) mass is 273 g/mol. The summed E-state index contributed by atoms with van der Waals surface area (Å²) in [7, 11) is 0. The van der Waals surface area contributed by atoms with E-state index in [1.165, 1.54) is 36.1 Å². The minimum absolute atomic E-state index is 0.558. The summed E-state index contributed by atoms with van der Waals surface area (Å²) in [6, 6.07) is 2.72. The lowest BCUT2D eigenvalue weighted by Gasteiger charge is -2.18. The largest absolute Gasteiger partial charge is 0.309 e. The van der Waals surface area contributed by atoms with E-state index in [9.17, 15) is 0 Å². The summed E-state index contributed by atoms with van der Waals surface area (Å²) in [5, 5.41) is 3.73. The molecule has 1 heterocycles. The van der Waals surface area contributed by atoms with Gasteiger partial charge in [-0.3, -0.25) is 0 Å². The molecule has 1 saturated carbocycles. The molecule has 1 fully saturated rings. The number of thioether (sulfide) groups is 1. The highest BCUT2D eigenvalue weighted by Gasteiger charge is 2.42. The van der Waals surface area contributed by atoms with Gasteiger partial charge in [-0.05, 0) is 43.6 Å². The molecular weight excluding hydrogens is 258 g/mol. The number of rotatable bonds is 4. The third kappa shape index (κ3) is 2.03. The van der Waals surface area contributed by atoms with Crippen LogP contribution < -0.4 is 5.32 Å². The lowest BCUT2D eigenvalue weighted by molar-refractivity contribution is 0.524. The Balaban J connectivity index is 1.64. The van der Waals surface area contributed by atoms with Gasteiger partial charge in [-0.1, -0.05) is 11.6 Å². The first-order valence-corrected chi connectivity index (χ1v) is 8.21. The van der Waals surface area contributed by atoms with E-state index in [0.717, 1.165) is 10.9 Å². The van der Waals surface area contributed by atoms with Gasteiger partial charge in [0.25, 0.3) is 0 Å². The number of fused-ring (bicyclic) bond motifs is 1. The van der Waals surface area contributed by atoms with Crippen LogP contribution in [0.3, 0.4) is 0 Å². The summed E-state index contributed by atoms with van der Waals surface area (Å²) in [6.07, 6.45) is 7.45. The van der Waals surface area contributed by atoms with E-state index >= 15 is 0 Å². The molecule has 0 aromatic carbocycles. The van der Waals surface area contributed by atoms with Crippen molar-refractivity contribution in [3.63, 3.8) is 0 Å². The van der Waals surface area contributed by atoms with Gasteiger partial charge in [0.15, 0.2) is 0 Å². The van der Waals surface area contributed by atoms with Crippen molar-refractivity contribution in [2.75, 3.05) is 12.8 Å². The molecule has 4 heteroatoms. The van der Waals surface area contributed by atoms with Gasteiger partial charge in [-0.15, -0.1) is 11.3 Å². The normalized spacial score (nSPS) is 25.8. The van der Waals surface area contributed by atoms with E-state index < -0.39 is 0 Å². The second-order valence-electron chi connectivity index (χ2n) is 4.79. The molecule has 1 aromatic heterocycles. The second kappa shape index (κ2) is 4.20. The Hall–Kier alpha value is 0.300. The fourth-order valence-electron chi connectivity index (χ4n) is 2.44. The van der Waals surface area contributed by atoms with E-state index in [0.29, 0.717) is 10.8 Å². The topological polar surface area (TPSA) is 12.0 Å². The van der Waals surface area contributed by atoms with Crippen LogP contribution in [-0.2, 0) is 6.42 Å². The highest BCUT2D eigenvalue weighted by molar-refractivity contribution is 8.00. The summed E-state index contributed by atoms with van der Waals surface area (Å²) >= 11 is 9.84. The van der Waals surface area contributed by atoms with Crippen molar-refractivity contribution in [2.24, 2.45) is 0 Å². The molecule has 1 unspecified atom stereocenters. The summed E-state index contributed by atoms with van der Waals surface area (Å²) in [5.41, 5.74) is 1.46. The molecule has 0 spiro atoms. The standard InChI is InChI=1S/C12H16ClNS2/c1-15-12(4-5-12)7-14-9-2-3-10-8(9)6-11(13)16-10/h6,9,14H,2-5,7H2,1H3. The maximum Gasteiger partial charge on any atom is 0.0934 e. The molecule has 0 aliphatic heterocycles. The molecule has 88 valence electrons. The second-order valence-corrected chi connectivity index (χ2v) is 7.83. The van der Waals surface area contributed by atoms with Crippen LogP contribution in [0.25, 0.3) is 0 Å². The molecular formula is C12H16ClNS2. The molecule has 2 aliphatic rings. The maximum atomic E-state index is 6.06. The predicted molar refractivity (Wildman–Crippen MR) is 73.9 cm³/mol. The quantitative estimate of drug-likeness (QED) is 0.894. The van der Waals surface area contributed by atoms with Crippen LogP contribution in [0.5, 0.6) is 0 Å². The minimum Gasteiger partial charge on any atom is -0.309 e. The molecule has 0 saturated heterocycles. The first-order chi connectivity index (χ1) is 7.72. The number of halogens is 1. The first kappa shape index (κ1) is 11.4. The molecule has 0 bridgehead atoms. The van der Waals surface area contributed by atoms with E-state index in [4.69, 9.17) is 11.6 Å². The van der Waals surface area contributed by atoms with Crippen LogP contribution in [0.15, 0.2) is 6.07 Å². The van der Waals surface area contributed by atoms with Gasteiger partial charge in [0, 0.05) is 22.2 Å². The van der Waals surface area contributed by atoms with Crippen LogP contribution in [0.1, 0.15) is 35.7 Å². The predicted octanol–water partition coefficient (Wildman–Crippen LogP) is 3.87. The van der Waals surface area contributed by atoms with E-state index in [2.05, 4.69) is 17.6 Å². The summed E-state index contributed by atoms with van der Waals surface area (Å²) in [4.78, 5) is 1.50. The Morgan fingerprint density at radius 1 is 1.62 bits per heavy atom. The van der Waals surface area contributed by atoms with Gasteiger partial charge >= 0.3 is 0 Å². The van der Waals surface area contributed by atoms with Gasteiger partial charge in [-0.2, -0.15) is 11.8 Å². The Bertz CT molecular complexity index is 398. The molecule has 1 N–H and O–H groups in total. The average Bonchev–Trinajstić information content (AvgIpc) is 2.84. The number of hydrogen-bond donors (Lipinski definition) is 1. The Morgan fingerprint density at radius 2 is 2.44 bits per heavy atom. The van der Waals surface area contributed by atoms with Crippen molar-refractivity contribution in [3.05, 3.63) is 20.8 Å². The third-order valence-corrected chi connectivity index (χ3v) is 6.52. The summed E-state index contributed by atoms with van der Waals surface area (Å²) in [5.74, 6) is 0. The minimum atomic E-state index is 0.558. The van der Waals surface area contributed by atoms with E-state index in [1.807, 2.05) is 11.8 Å². The number of hydrogen-bond acceptors (Lipinski definition) is 3. The van der Waals surface area contributed by atoms with Gasteiger partial charge < -0.3 is 5.32 Å². The summed E-state index contributed by atoms with van der Waals surface area (Å²) in [6.45, 7) is 1.16. The van der Waals surface area contributed by atoms with Crippen molar-refractivity contribution in [3.8, 4) is 0 Å². The van der Waals surface area contributed by atoms with Crippen LogP contribution in [0.2, 0.25) is 4.34 Å². The maximum absolute atomic E-state index is 6.06. The third-order valence-electron chi connectivity index (χ3n) is 3.76. The zero-order valence-corrected chi connectivity index (χ0v) is 11.8. The van der Waals surface area contributed by atoms with Gasteiger partial charge in [0.1, 0.15) is 0 Å². The molecule has 16 heavy (non-hydrogen) atoms. The fraction of sp³-hybridized carbons (Fsp3) is 0.667. The zero-order chi connectivity index (χ0) is 11.2. The Labute approximate surface area is 110 Å². The molecule has 2 aliphatic carbocycles. The average molecular weight is 274 g/mol. The number of nitrogens with one attached hydrogen (secondary N) is 1.